The van der Waals surface area contributed by atoms with Crippen LogP contribution in [0.3, 0.4) is 0 Å². The summed E-state index contributed by atoms with van der Waals surface area (Å²) in [4.78, 5) is 16.7. The Labute approximate surface area is 140 Å². The zero-order chi connectivity index (χ0) is 16.1. The Kier molecular flexibility index (Phi) is 5.25. The largest absolute Gasteiger partial charge is 0.377 e. The predicted molar refractivity (Wildman–Crippen MR) is 91.5 cm³/mol. The minimum Gasteiger partial charge on any atom is -0.377 e. The summed E-state index contributed by atoms with van der Waals surface area (Å²) in [5.74, 6) is 0.505. The molecule has 1 aliphatic carbocycles. The van der Waals surface area contributed by atoms with Crippen LogP contribution in [0.4, 0.5) is 10.5 Å². The van der Waals surface area contributed by atoms with Crippen LogP contribution in [-0.4, -0.2) is 17.6 Å². The number of anilines is 1. The van der Waals surface area contributed by atoms with E-state index in [4.69, 9.17) is 4.74 Å². The molecule has 0 bridgehead atoms. The van der Waals surface area contributed by atoms with Crippen LogP contribution in [0.25, 0.3) is 0 Å². The molecule has 0 aliphatic heterocycles. The molecule has 0 spiro atoms. The molecular formula is C17H21N3O2S. The van der Waals surface area contributed by atoms with Crippen LogP contribution < -0.4 is 10.6 Å². The van der Waals surface area contributed by atoms with E-state index in [0.717, 1.165) is 29.1 Å². The number of hydrogen-bond acceptors (Lipinski definition) is 4. The van der Waals surface area contributed by atoms with Gasteiger partial charge in [0.2, 0.25) is 0 Å². The number of urea groups is 1. The molecule has 6 heteroatoms. The lowest BCUT2D eigenvalue weighted by molar-refractivity contribution is 0.134. The third-order valence-electron chi connectivity index (χ3n) is 3.82. The van der Waals surface area contributed by atoms with Gasteiger partial charge < -0.3 is 15.4 Å². The normalized spacial score (nSPS) is 15.2. The third kappa shape index (κ3) is 4.30. The lowest BCUT2D eigenvalue weighted by atomic mass is 10.2. The van der Waals surface area contributed by atoms with Crippen LogP contribution >= 0.6 is 11.3 Å². The summed E-state index contributed by atoms with van der Waals surface area (Å²) in [7, 11) is 0. The molecule has 2 amide bonds. The van der Waals surface area contributed by atoms with Gasteiger partial charge in [-0.05, 0) is 31.7 Å². The maximum Gasteiger partial charge on any atom is 0.319 e. The number of aromatic nitrogens is 1. The van der Waals surface area contributed by atoms with Crippen molar-refractivity contribution >= 4 is 23.1 Å². The molecule has 1 saturated carbocycles. The number of para-hydroxylation sites is 1. The molecule has 0 unspecified atom stereocenters. The monoisotopic (exact) mass is 331 g/mol. The highest BCUT2D eigenvalue weighted by molar-refractivity contribution is 7.09. The molecule has 0 saturated heterocycles. The van der Waals surface area contributed by atoms with Gasteiger partial charge in [0.25, 0.3) is 0 Å². The van der Waals surface area contributed by atoms with E-state index in [1.54, 1.807) is 17.5 Å². The smallest absolute Gasteiger partial charge is 0.319 e. The quantitative estimate of drug-likeness (QED) is 0.807. The standard InChI is InChI=1S/C17H21N3O2S/c1-2-22-11-13-5-3-4-6-14(13)19-17(21)20-15(12-7-8-12)16-18-9-10-23-16/h3-6,9-10,12,15H,2,7-8,11H2,1H3,(H2,19,20,21)/t15-/m1/s1. The Morgan fingerprint density at radius 3 is 2.96 bits per heavy atom. The summed E-state index contributed by atoms with van der Waals surface area (Å²) < 4.78 is 5.45. The van der Waals surface area contributed by atoms with Crippen molar-refractivity contribution in [2.75, 3.05) is 11.9 Å². The number of hydrogen-bond donors (Lipinski definition) is 2. The minimum absolute atomic E-state index is 0.00838. The summed E-state index contributed by atoms with van der Waals surface area (Å²) in [6.07, 6.45) is 4.07. The molecule has 1 atom stereocenters. The van der Waals surface area contributed by atoms with Gasteiger partial charge in [-0.2, -0.15) is 0 Å². The maximum absolute atomic E-state index is 12.4. The summed E-state index contributed by atoms with van der Waals surface area (Å²) in [6.45, 7) is 3.09. The van der Waals surface area contributed by atoms with Crippen LogP contribution in [-0.2, 0) is 11.3 Å². The molecule has 3 rings (SSSR count). The van der Waals surface area contributed by atoms with Gasteiger partial charge in [-0.3, -0.25) is 0 Å². The first kappa shape index (κ1) is 16.0. The van der Waals surface area contributed by atoms with Gasteiger partial charge in [-0.25, -0.2) is 9.78 Å². The number of carbonyl (C=O) groups excluding carboxylic acids is 1. The number of benzene rings is 1. The highest BCUT2D eigenvalue weighted by Crippen LogP contribution is 2.41. The van der Waals surface area contributed by atoms with Crippen molar-refractivity contribution in [2.45, 2.75) is 32.4 Å². The molecule has 2 aromatic rings. The number of amides is 2. The number of rotatable bonds is 7. The van der Waals surface area contributed by atoms with E-state index in [9.17, 15) is 4.79 Å². The van der Waals surface area contributed by atoms with Crippen LogP contribution in [0.5, 0.6) is 0 Å². The second-order valence-corrected chi connectivity index (χ2v) is 6.50. The fraction of sp³-hybridized carbons (Fsp3) is 0.412. The molecule has 122 valence electrons. The predicted octanol–water partition coefficient (Wildman–Crippen LogP) is 3.95. The molecular weight excluding hydrogens is 310 g/mol. The fourth-order valence-electron chi connectivity index (χ4n) is 2.48. The highest BCUT2D eigenvalue weighted by atomic mass is 32.1. The Hall–Kier alpha value is -1.92. The van der Waals surface area contributed by atoms with E-state index in [2.05, 4.69) is 15.6 Å². The van der Waals surface area contributed by atoms with Crippen molar-refractivity contribution in [1.29, 1.82) is 0 Å². The van der Waals surface area contributed by atoms with Crippen molar-refractivity contribution in [3.8, 4) is 0 Å². The zero-order valence-electron chi connectivity index (χ0n) is 13.1. The van der Waals surface area contributed by atoms with Gasteiger partial charge >= 0.3 is 6.03 Å². The van der Waals surface area contributed by atoms with Crippen LogP contribution in [0, 0.1) is 5.92 Å². The van der Waals surface area contributed by atoms with Crippen LogP contribution in [0.1, 0.15) is 36.4 Å². The number of thiazole rings is 1. The first-order valence-electron chi connectivity index (χ1n) is 7.90. The van der Waals surface area contributed by atoms with E-state index in [1.807, 2.05) is 36.6 Å². The second-order valence-electron chi connectivity index (χ2n) is 5.58. The van der Waals surface area contributed by atoms with Crippen molar-refractivity contribution in [1.82, 2.24) is 10.3 Å². The highest BCUT2D eigenvalue weighted by Gasteiger charge is 2.35. The minimum atomic E-state index is -0.193. The SMILES string of the molecule is CCOCc1ccccc1NC(=O)N[C@@H](c1nccs1)C1CC1. The molecule has 5 nitrogen and oxygen atoms in total. The van der Waals surface area contributed by atoms with Gasteiger partial charge in [0.05, 0.1) is 12.6 Å². The first-order chi connectivity index (χ1) is 11.3. The Bertz CT molecular complexity index is 641. The summed E-state index contributed by atoms with van der Waals surface area (Å²) in [5, 5.41) is 8.93. The Balaban J connectivity index is 1.65. The van der Waals surface area contributed by atoms with E-state index >= 15 is 0 Å². The summed E-state index contributed by atoms with van der Waals surface area (Å²) >= 11 is 1.59. The van der Waals surface area contributed by atoms with E-state index in [1.165, 1.54) is 0 Å². The average Bonchev–Trinajstić information content (AvgIpc) is 3.26. The molecule has 1 aliphatic rings. The summed E-state index contributed by atoms with van der Waals surface area (Å²) in [5.41, 5.74) is 1.76. The van der Waals surface area contributed by atoms with Gasteiger partial charge in [-0.1, -0.05) is 18.2 Å². The Morgan fingerprint density at radius 2 is 2.26 bits per heavy atom. The zero-order valence-corrected chi connectivity index (χ0v) is 13.9. The van der Waals surface area contributed by atoms with E-state index < -0.39 is 0 Å². The number of ether oxygens (including phenoxy) is 1. The number of nitrogens with zero attached hydrogens (tertiary/aromatic N) is 1. The average molecular weight is 331 g/mol. The van der Waals surface area contributed by atoms with E-state index in [-0.39, 0.29) is 12.1 Å². The molecule has 23 heavy (non-hydrogen) atoms. The van der Waals surface area contributed by atoms with E-state index in [0.29, 0.717) is 19.1 Å². The number of nitrogens with one attached hydrogen (secondary N) is 2. The first-order valence-corrected chi connectivity index (χ1v) is 8.78. The third-order valence-corrected chi connectivity index (χ3v) is 4.68. The second kappa shape index (κ2) is 7.57. The summed E-state index contributed by atoms with van der Waals surface area (Å²) in [6, 6.07) is 7.52. The van der Waals surface area contributed by atoms with Gasteiger partial charge in [0.15, 0.2) is 0 Å². The van der Waals surface area contributed by atoms with Gasteiger partial charge in [0.1, 0.15) is 5.01 Å². The molecule has 1 aromatic heterocycles. The van der Waals surface area contributed by atoms with Crippen molar-refractivity contribution in [2.24, 2.45) is 5.92 Å². The molecule has 1 fully saturated rings. The molecule has 0 radical (unpaired) electrons. The lowest BCUT2D eigenvalue weighted by Gasteiger charge is -2.17. The van der Waals surface area contributed by atoms with Gasteiger partial charge in [-0.15, -0.1) is 11.3 Å². The van der Waals surface area contributed by atoms with Crippen LogP contribution in [0.15, 0.2) is 35.8 Å². The van der Waals surface area contributed by atoms with Crippen LogP contribution in [0.2, 0.25) is 0 Å². The topological polar surface area (TPSA) is 63.2 Å². The molecule has 2 N–H and O–H groups in total. The fourth-order valence-corrected chi connectivity index (χ4v) is 3.26. The maximum atomic E-state index is 12.4. The van der Waals surface area contributed by atoms with Crippen molar-refractivity contribution < 1.29 is 9.53 Å². The Morgan fingerprint density at radius 1 is 1.43 bits per heavy atom. The van der Waals surface area contributed by atoms with Crippen molar-refractivity contribution in [3.63, 3.8) is 0 Å². The molecule has 1 heterocycles. The van der Waals surface area contributed by atoms with Gasteiger partial charge in [0, 0.05) is 29.4 Å². The lowest BCUT2D eigenvalue weighted by Crippen LogP contribution is -2.33. The molecule has 1 aromatic carbocycles. The van der Waals surface area contributed by atoms with Crippen molar-refractivity contribution in [3.05, 3.63) is 46.4 Å². The number of carbonyl (C=O) groups is 1.